The second-order valence-corrected chi connectivity index (χ2v) is 7.25. The van der Waals surface area contributed by atoms with Crippen LogP contribution in [0.5, 0.6) is 11.5 Å². The molecule has 0 radical (unpaired) electrons. The first-order chi connectivity index (χ1) is 12.5. The summed E-state index contributed by atoms with van der Waals surface area (Å²) in [5.74, 6) is -0.649. The second-order valence-electron chi connectivity index (χ2n) is 6.28. The molecule has 2 N–H and O–H groups in total. The Balaban J connectivity index is 1.86. The Morgan fingerprint density at radius 3 is 2.62 bits per heavy atom. The number of benzene rings is 1. The molecule has 0 atom stereocenters. The topological polar surface area (TPSA) is 94.2 Å². The van der Waals surface area contributed by atoms with Gasteiger partial charge in [0.05, 0.1) is 11.3 Å². The number of hydrogen-bond donors (Lipinski definition) is 2. The van der Waals surface area contributed by atoms with Gasteiger partial charge in [0, 0.05) is 11.3 Å². The fraction of sp³-hybridized carbons (Fsp3) is 0.350. The van der Waals surface area contributed by atoms with E-state index in [9.17, 15) is 20.3 Å². The van der Waals surface area contributed by atoms with Crippen molar-refractivity contribution in [1.29, 1.82) is 5.26 Å². The summed E-state index contributed by atoms with van der Waals surface area (Å²) in [6.07, 6.45) is 4.87. The molecule has 2 aromatic rings. The summed E-state index contributed by atoms with van der Waals surface area (Å²) < 4.78 is 0. The maximum Gasteiger partial charge on any atom is 0.173 e. The molecular formula is C20H20N2O3S. The van der Waals surface area contributed by atoms with E-state index in [2.05, 4.69) is 18.0 Å². The van der Waals surface area contributed by atoms with Crippen molar-refractivity contribution in [3.8, 4) is 17.6 Å². The average Bonchev–Trinajstić information content (AvgIpc) is 2.67. The number of carbonyl (C=O) groups is 1. The molecule has 0 amide bonds. The van der Waals surface area contributed by atoms with Crippen LogP contribution >= 0.6 is 11.8 Å². The van der Waals surface area contributed by atoms with Gasteiger partial charge in [-0.15, -0.1) is 0 Å². The van der Waals surface area contributed by atoms with Crippen LogP contribution in [0.25, 0.3) is 0 Å². The molecular weight excluding hydrogens is 348 g/mol. The summed E-state index contributed by atoms with van der Waals surface area (Å²) in [7, 11) is 0. The minimum Gasteiger partial charge on any atom is -0.504 e. The Hall–Kier alpha value is -2.52. The fourth-order valence-corrected chi connectivity index (χ4v) is 4.22. The number of phenolic OH excluding ortho intramolecular Hbond substituents is 2. The van der Waals surface area contributed by atoms with Gasteiger partial charge in [0.25, 0.3) is 0 Å². The zero-order chi connectivity index (χ0) is 18.7. The Kier molecular flexibility index (Phi) is 5.48. The number of Topliss-reactive ketones (excluding diaryl/α,β-unsaturated/α-hetero) is 1. The number of aromatic nitrogens is 1. The number of nitriles is 1. The van der Waals surface area contributed by atoms with Crippen molar-refractivity contribution in [3.05, 3.63) is 46.1 Å². The Bertz CT molecular complexity index is 903. The number of carbonyl (C=O) groups excluding carboxylic acids is 1. The summed E-state index contributed by atoms with van der Waals surface area (Å²) in [6, 6.07) is 6.30. The Morgan fingerprint density at radius 1 is 1.23 bits per heavy atom. The van der Waals surface area contributed by atoms with Crippen LogP contribution < -0.4 is 0 Å². The first-order valence-corrected chi connectivity index (χ1v) is 9.66. The lowest BCUT2D eigenvalue weighted by molar-refractivity contribution is 0.102. The zero-order valence-electron chi connectivity index (χ0n) is 14.6. The van der Waals surface area contributed by atoms with Crippen LogP contribution in [0.15, 0.2) is 23.2 Å². The molecule has 1 heterocycles. The van der Waals surface area contributed by atoms with E-state index in [1.54, 1.807) is 0 Å². The second kappa shape index (κ2) is 7.79. The number of fused-ring (bicyclic) bond motifs is 1. The first-order valence-electron chi connectivity index (χ1n) is 8.67. The van der Waals surface area contributed by atoms with Crippen molar-refractivity contribution in [2.24, 2.45) is 0 Å². The van der Waals surface area contributed by atoms with Gasteiger partial charge in [0.1, 0.15) is 11.1 Å². The molecule has 0 unspecified atom stereocenters. The van der Waals surface area contributed by atoms with Crippen molar-refractivity contribution >= 4 is 17.5 Å². The number of ketones is 1. The normalized spacial score (nSPS) is 13.1. The van der Waals surface area contributed by atoms with Gasteiger partial charge in [0.15, 0.2) is 17.3 Å². The van der Waals surface area contributed by atoms with Gasteiger partial charge in [-0.2, -0.15) is 5.26 Å². The molecule has 134 valence electrons. The quantitative estimate of drug-likeness (QED) is 0.474. The van der Waals surface area contributed by atoms with Crippen LogP contribution in [-0.4, -0.2) is 26.7 Å². The van der Waals surface area contributed by atoms with Gasteiger partial charge in [0.2, 0.25) is 0 Å². The van der Waals surface area contributed by atoms with Crippen LogP contribution in [0.2, 0.25) is 0 Å². The van der Waals surface area contributed by atoms with Crippen molar-refractivity contribution in [2.75, 3.05) is 5.75 Å². The number of nitrogens with zero attached hydrogens (tertiary/aromatic N) is 2. The number of rotatable bonds is 5. The molecule has 3 rings (SSSR count). The third-order valence-electron chi connectivity index (χ3n) is 4.65. The highest BCUT2D eigenvalue weighted by atomic mass is 32.2. The highest BCUT2D eigenvalue weighted by Gasteiger charge is 2.22. The van der Waals surface area contributed by atoms with Gasteiger partial charge in [-0.3, -0.25) is 4.79 Å². The fourth-order valence-electron chi connectivity index (χ4n) is 3.30. The predicted molar refractivity (Wildman–Crippen MR) is 99.8 cm³/mol. The van der Waals surface area contributed by atoms with Gasteiger partial charge < -0.3 is 10.2 Å². The summed E-state index contributed by atoms with van der Waals surface area (Å²) >= 11 is 1.26. The Morgan fingerprint density at radius 2 is 1.96 bits per heavy atom. The molecule has 0 aliphatic heterocycles. The molecule has 1 aromatic carbocycles. The molecule has 0 spiro atoms. The minimum atomic E-state index is -0.321. The predicted octanol–water partition coefficient (Wildman–Crippen LogP) is 3.78. The largest absolute Gasteiger partial charge is 0.504 e. The molecule has 0 bridgehead atoms. The van der Waals surface area contributed by atoms with Gasteiger partial charge in [-0.1, -0.05) is 18.7 Å². The number of pyridine rings is 1. The summed E-state index contributed by atoms with van der Waals surface area (Å²) in [5, 5.41) is 29.2. The highest BCUT2D eigenvalue weighted by Crippen LogP contribution is 2.33. The SMILES string of the molecule is CCc1nc(SCC(=O)c2ccc(O)c(O)c2)c(C#N)c2c1CCCC2. The molecule has 1 aromatic heterocycles. The van der Waals surface area contributed by atoms with E-state index in [-0.39, 0.29) is 23.0 Å². The molecule has 5 nitrogen and oxygen atoms in total. The molecule has 6 heteroatoms. The van der Waals surface area contributed by atoms with Crippen molar-refractivity contribution in [2.45, 2.75) is 44.1 Å². The third kappa shape index (κ3) is 3.54. The van der Waals surface area contributed by atoms with Crippen molar-refractivity contribution < 1.29 is 15.0 Å². The highest BCUT2D eigenvalue weighted by molar-refractivity contribution is 8.00. The summed E-state index contributed by atoms with van der Waals surface area (Å²) in [5.41, 5.74) is 4.26. The van der Waals surface area contributed by atoms with E-state index >= 15 is 0 Å². The van der Waals surface area contributed by atoms with E-state index in [4.69, 9.17) is 0 Å². The third-order valence-corrected chi connectivity index (χ3v) is 5.63. The van der Waals surface area contributed by atoms with Crippen molar-refractivity contribution in [1.82, 2.24) is 4.98 Å². The number of aryl methyl sites for hydroxylation is 1. The van der Waals surface area contributed by atoms with E-state index in [1.807, 2.05) is 0 Å². The maximum atomic E-state index is 12.4. The smallest absolute Gasteiger partial charge is 0.173 e. The van der Waals surface area contributed by atoms with E-state index in [1.165, 1.54) is 35.5 Å². The number of phenols is 2. The lowest BCUT2D eigenvalue weighted by atomic mass is 9.87. The maximum absolute atomic E-state index is 12.4. The average molecular weight is 368 g/mol. The molecule has 1 aliphatic carbocycles. The number of thioether (sulfide) groups is 1. The lowest BCUT2D eigenvalue weighted by Crippen LogP contribution is -2.13. The van der Waals surface area contributed by atoms with Gasteiger partial charge in [-0.05, 0) is 61.4 Å². The van der Waals surface area contributed by atoms with Gasteiger partial charge in [-0.25, -0.2) is 4.98 Å². The van der Waals surface area contributed by atoms with E-state index in [0.717, 1.165) is 43.4 Å². The standard InChI is InChI=1S/C20H20N2O3S/c1-2-16-14-6-4-3-5-13(14)15(10-21)20(22-16)26-11-19(25)12-7-8-17(23)18(24)9-12/h7-9,23-24H,2-6,11H2,1H3. The minimum absolute atomic E-state index is 0.119. The van der Waals surface area contributed by atoms with Crippen LogP contribution in [0.1, 0.15) is 52.5 Å². The number of hydrogen-bond acceptors (Lipinski definition) is 6. The van der Waals surface area contributed by atoms with Crippen LogP contribution in [0.3, 0.4) is 0 Å². The van der Waals surface area contributed by atoms with Crippen LogP contribution in [-0.2, 0) is 19.3 Å². The number of aromatic hydroxyl groups is 2. The summed E-state index contributed by atoms with van der Waals surface area (Å²) in [4.78, 5) is 17.1. The summed E-state index contributed by atoms with van der Waals surface area (Å²) in [6.45, 7) is 2.06. The van der Waals surface area contributed by atoms with Crippen LogP contribution in [0.4, 0.5) is 0 Å². The monoisotopic (exact) mass is 368 g/mol. The lowest BCUT2D eigenvalue weighted by Gasteiger charge is -2.21. The molecule has 0 saturated heterocycles. The molecule has 0 saturated carbocycles. The van der Waals surface area contributed by atoms with Gasteiger partial charge >= 0.3 is 0 Å². The zero-order valence-corrected chi connectivity index (χ0v) is 15.4. The van der Waals surface area contributed by atoms with Crippen LogP contribution in [0, 0.1) is 11.3 Å². The Labute approximate surface area is 156 Å². The first kappa shape index (κ1) is 18.3. The van der Waals surface area contributed by atoms with Crippen molar-refractivity contribution in [3.63, 3.8) is 0 Å². The molecule has 26 heavy (non-hydrogen) atoms. The molecule has 1 aliphatic rings. The van der Waals surface area contributed by atoms with E-state index < -0.39 is 0 Å². The molecule has 0 fully saturated rings. The van der Waals surface area contributed by atoms with E-state index in [0.29, 0.717) is 16.2 Å².